The van der Waals surface area contributed by atoms with Crippen LogP contribution in [0.3, 0.4) is 0 Å². The van der Waals surface area contributed by atoms with E-state index in [1.54, 1.807) is 0 Å². The van der Waals surface area contributed by atoms with Crippen molar-refractivity contribution in [3.05, 3.63) is 12.2 Å². The topological polar surface area (TPSA) is 12.0 Å². The number of rotatable bonds is 5. The van der Waals surface area contributed by atoms with Crippen molar-refractivity contribution in [2.24, 2.45) is 17.8 Å². The summed E-state index contributed by atoms with van der Waals surface area (Å²) >= 11 is 0. The molecule has 2 fully saturated rings. The minimum atomic E-state index is 0.616. The molecule has 3 atom stereocenters. The van der Waals surface area contributed by atoms with Crippen LogP contribution in [-0.2, 0) is 0 Å². The third kappa shape index (κ3) is 1.75. The van der Waals surface area contributed by atoms with Gasteiger partial charge in [0.25, 0.3) is 0 Å². The molecule has 0 saturated heterocycles. The first kappa shape index (κ1) is 10.2. The average Bonchev–Trinajstić information content (AvgIpc) is 2.61. The third-order valence-corrected chi connectivity index (χ3v) is 4.00. The summed E-state index contributed by atoms with van der Waals surface area (Å²) in [4.78, 5) is 0. The zero-order chi connectivity index (χ0) is 10.1. The number of nitrogens with one attached hydrogen (secondary N) is 1. The second-order valence-electron chi connectivity index (χ2n) is 5.11. The van der Waals surface area contributed by atoms with E-state index in [-0.39, 0.29) is 0 Å². The molecular weight excluding hydrogens is 170 g/mol. The van der Waals surface area contributed by atoms with Crippen molar-refractivity contribution < 1.29 is 0 Å². The van der Waals surface area contributed by atoms with E-state index in [9.17, 15) is 0 Å². The Bertz CT molecular complexity index is 211. The molecule has 0 aromatic rings. The van der Waals surface area contributed by atoms with Gasteiger partial charge < -0.3 is 5.32 Å². The maximum Gasteiger partial charge on any atom is 0.0308 e. The molecule has 14 heavy (non-hydrogen) atoms. The Morgan fingerprint density at radius 1 is 1.43 bits per heavy atom. The summed E-state index contributed by atoms with van der Waals surface area (Å²) in [6, 6.07) is 0.616. The molecule has 3 unspecified atom stereocenters. The fraction of sp³-hybridized carbons (Fsp3) is 0.846. The van der Waals surface area contributed by atoms with Crippen molar-refractivity contribution in [1.82, 2.24) is 5.32 Å². The molecule has 0 aromatic heterocycles. The summed E-state index contributed by atoms with van der Waals surface area (Å²) < 4.78 is 0. The largest absolute Gasteiger partial charge is 0.310 e. The van der Waals surface area contributed by atoms with E-state index in [1.165, 1.54) is 31.3 Å². The first-order valence-corrected chi connectivity index (χ1v) is 6.14. The molecule has 0 bridgehead atoms. The van der Waals surface area contributed by atoms with Crippen molar-refractivity contribution in [3.63, 3.8) is 0 Å². The van der Waals surface area contributed by atoms with Crippen LogP contribution >= 0.6 is 0 Å². The first-order valence-electron chi connectivity index (χ1n) is 6.14. The number of hydrogen-bond acceptors (Lipinski definition) is 1. The van der Waals surface area contributed by atoms with E-state index < -0.39 is 0 Å². The highest BCUT2D eigenvalue weighted by molar-refractivity contribution is 5.16. The monoisotopic (exact) mass is 193 g/mol. The van der Waals surface area contributed by atoms with Gasteiger partial charge in [-0.15, -0.1) is 0 Å². The van der Waals surface area contributed by atoms with Gasteiger partial charge in [0.15, 0.2) is 0 Å². The summed E-state index contributed by atoms with van der Waals surface area (Å²) in [5, 5.41) is 3.66. The van der Waals surface area contributed by atoms with Crippen molar-refractivity contribution >= 4 is 0 Å². The van der Waals surface area contributed by atoms with Crippen molar-refractivity contribution in [2.75, 3.05) is 6.54 Å². The Kier molecular flexibility index (Phi) is 2.96. The van der Waals surface area contributed by atoms with E-state index in [2.05, 4.69) is 25.7 Å². The fourth-order valence-corrected chi connectivity index (χ4v) is 3.31. The van der Waals surface area contributed by atoms with Gasteiger partial charge in [-0.1, -0.05) is 25.5 Å². The van der Waals surface area contributed by atoms with Crippen LogP contribution in [0.15, 0.2) is 12.2 Å². The van der Waals surface area contributed by atoms with Gasteiger partial charge in [-0.3, -0.25) is 0 Å². The van der Waals surface area contributed by atoms with E-state index in [0.717, 1.165) is 24.3 Å². The van der Waals surface area contributed by atoms with Gasteiger partial charge in [0.1, 0.15) is 0 Å². The predicted molar refractivity (Wildman–Crippen MR) is 61.2 cm³/mol. The van der Waals surface area contributed by atoms with Crippen LogP contribution in [0, 0.1) is 17.8 Å². The quantitative estimate of drug-likeness (QED) is 0.662. The minimum Gasteiger partial charge on any atom is -0.310 e. The van der Waals surface area contributed by atoms with Crippen LogP contribution in [-0.4, -0.2) is 12.6 Å². The summed E-state index contributed by atoms with van der Waals surface area (Å²) in [5.41, 5.74) is 1.35. The van der Waals surface area contributed by atoms with Crippen molar-refractivity contribution in [3.8, 4) is 0 Å². The summed E-state index contributed by atoms with van der Waals surface area (Å²) in [6.07, 6.45) is 5.66. The van der Waals surface area contributed by atoms with Gasteiger partial charge in [-0.25, -0.2) is 0 Å². The smallest absolute Gasteiger partial charge is 0.0308 e. The van der Waals surface area contributed by atoms with Crippen LogP contribution < -0.4 is 5.32 Å². The second-order valence-corrected chi connectivity index (χ2v) is 5.11. The van der Waals surface area contributed by atoms with Crippen molar-refractivity contribution in [1.29, 1.82) is 0 Å². The summed E-state index contributed by atoms with van der Waals surface area (Å²) in [5.74, 6) is 3.02. The van der Waals surface area contributed by atoms with E-state index in [1.807, 2.05) is 0 Å². The molecule has 0 radical (unpaired) electrons. The van der Waals surface area contributed by atoms with Gasteiger partial charge >= 0.3 is 0 Å². The standard InChI is InChI=1S/C13H23N/c1-4-8-14-13(9(2)3)12-10-6-5-7-11(10)12/h10-14H,2,4-8H2,1,3H3. The van der Waals surface area contributed by atoms with Gasteiger partial charge in [-0.2, -0.15) is 0 Å². The minimum absolute atomic E-state index is 0.616. The molecule has 0 amide bonds. The maximum atomic E-state index is 4.13. The summed E-state index contributed by atoms with van der Waals surface area (Å²) in [6.45, 7) is 9.69. The van der Waals surface area contributed by atoms with Crippen LogP contribution in [0.2, 0.25) is 0 Å². The second kappa shape index (κ2) is 4.06. The Balaban J connectivity index is 1.88. The van der Waals surface area contributed by atoms with Gasteiger partial charge in [-0.05, 0) is 50.5 Å². The van der Waals surface area contributed by atoms with Crippen LogP contribution in [0.25, 0.3) is 0 Å². The lowest BCUT2D eigenvalue weighted by molar-refractivity contribution is 0.448. The number of fused-ring (bicyclic) bond motifs is 1. The molecular formula is C13H23N. The SMILES string of the molecule is C=C(C)C(NCCC)C1C2CCCC21. The van der Waals surface area contributed by atoms with Crippen LogP contribution in [0.1, 0.15) is 39.5 Å². The molecule has 0 aromatic carbocycles. The zero-order valence-electron chi connectivity index (χ0n) is 9.55. The van der Waals surface area contributed by atoms with Gasteiger partial charge in [0.05, 0.1) is 0 Å². The fourth-order valence-electron chi connectivity index (χ4n) is 3.31. The highest BCUT2D eigenvalue weighted by atomic mass is 14.9. The predicted octanol–water partition coefficient (Wildman–Crippen LogP) is 2.98. The van der Waals surface area contributed by atoms with E-state index in [4.69, 9.17) is 0 Å². The maximum absolute atomic E-state index is 4.13. The average molecular weight is 193 g/mol. The Labute approximate surface area is 88.0 Å². The van der Waals surface area contributed by atoms with Gasteiger partial charge in [0.2, 0.25) is 0 Å². The molecule has 0 heterocycles. The first-order chi connectivity index (χ1) is 6.75. The van der Waals surface area contributed by atoms with Crippen molar-refractivity contribution in [2.45, 2.75) is 45.6 Å². The lowest BCUT2D eigenvalue weighted by atomic mass is 9.99. The molecule has 1 heteroatoms. The third-order valence-electron chi connectivity index (χ3n) is 4.00. The van der Waals surface area contributed by atoms with E-state index in [0.29, 0.717) is 6.04 Å². The molecule has 1 N–H and O–H groups in total. The Morgan fingerprint density at radius 3 is 2.57 bits per heavy atom. The molecule has 1 nitrogen and oxygen atoms in total. The molecule has 0 spiro atoms. The Hall–Kier alpha value is -0.300. The summed E-state index contributed by atoms with van der Waals surface area (Å²) in [7, 11) is 0. The molecule has 2 saturated carbocycles. The highest BCUT2D eigenvalue weighted by Gasteiger charge is 2.55. The van der Waals surface area contributed by atoms with Crippen LogP contribution in [0.4, 0.5) is 0 Å². The lowest BCUT2D eigenvalue weighted by Crippen LogP contribution is -2.34. The molecule has 2 rings (SSSR count). The van der Waals surface area contributed by atoms with Gasteiger partial charge in [0, 0.05) is 6.04 Å². The Morgan fingerprint density at radius 2 is 2.07 bits per heavy atom. The number of hydrogen-bond donors (Lipinski definition) is 1. The van der Waals surface area contributed by atoms with E-state index >= 15 is 0 Å². The zero-order valence-corrected chi connectivity index (χ0v) is 9.55. The highest BCUT2D eigenvalue weighted by Crippen LogP contribution is 2.59. The van der Waals surface area contributed by atoms with Crippen LogP contribution in [0.5, 0.6) is 0 Å². The molecule has 2 aliphatic rings. The molecule has 0 aliphatic heterocycles. The normalized spacial score (nSPS) is 36.6. The molecule has 2 aliphatic carbocycles. The lowest BCUT2D eigenvalue weighted by Gasteiger charge is -2.20. The molecule has 80 valence electrons.